The first-order valence-electron chi connectivity index (χ1n) is 5.21. The minimum atomic E-state index is -0.332. The van der Waals surface area contributed by atoms with Crippen molar-refractivity contribution in [3.8, 4) is 0 Å². The van der Waals surface area contributed by atoms with Crippen LogP contribution in [-0.4, -0.2) is 7.05 Å². The van der Waals surface area contributed by atoms with E-state index >= 15 is 0 Å². The first-order chi connectivity index (χ1) is 7.65. The van der Waals surface area contributed by atoms with E-state index in [1.807, 2.05) is 19.2 Å². The van der Waals surface area contributed by atoms with Gasteiger partial charge in [0.2, 0.25) is 0 Å². The number of nitrogens with one attached hydrogen (secondary N) is 1. The largest absolute Gasteiger partial charge is 0.456 e. The van der Waals surface area contributed by atoms with Crippen molar-refractivity contribution in [3.63, 3.8) is 0 Å². The van der Waals surface area contributed by atoms with Gasteiger partial charge in [0.1, 0.15) is 5.76 Å². The standard InChI is InChI=1S/C12H13BrFNO/c1-3-10(15-2)11-5-7-4-8(13)6-9(14)12(7)16-11/h4-6,10,15H,3H2,1-2H3. The summed E-state index contributed by atoms with van der Waals surface area (Å²) in [6.45, 7) is 2.06. The highest BCUT2D eigenvalue weighted by molar-refractivity contribution is 9.10. The van der Waals surface area contributed by atoms with Gasteiger partial charge in [-0.05, 0) is 31.7 Å². The second kappa shape index (κ2) is 4.55. The number of halogens is 2. The van der Waals surface area contributed by atoms with Crippen molar-refractivity contribution >= 4 is 26.9 Å². The molecule has 0 aliphatic heterocycles. The number of fused-ring (bicyclic) bond motifs is 1. The normalized spacial score (nSPS) is 13.2. The van der Waals surface area contributed by atoms with E-state index in [1.165, 1.54) is 6.07 Å². The van der Waals surface area contributed by atoms with Crippen LogP contribution in [0.1, 0.15) is 25.1 Å². The second-order valence-electron chi connectivity index (χ2n) is 3.70. The van der Waals surface area contributed by atoms with Crippen LogP contribution < -0.4 is 5.32 Å². The Hall–Kier alpha value is -0.870. The van der Waals surface area contributed by atoms with Gasteiger partial charge in [-0.15, -0.1) is 0 Å². The first-order valence-corrected chi connectivity index (χ1v) is 6.00. The van der Waals surface area contributed by atoms with Crippen LogP contribution in [0.3, 0.4) is 0 Å². The van der Waals surface area contributed by atoms with Gasteiger partial charge in [-0.1, -0.05) is 22.9 Å². The van der Waals surface area contributed by atoms with Crippen molar-refractivity contribution in [2.45, 2.75) is 19.4 Å². The van der Waals surface area contributed by atoms with E-state index in [2.05, 4.69) is 28.2 Å². The molecule has 1 heterocycles. The second-order valence-corrected chi connectivity index (χ2v) is 4.62. The van der Waals surface area contributed by atoms with E-state index < -0.39 is 0 Å². The number of benzene rings is 1. The summed E-state index contributed by atoms with van der Waals surface area (Å²) in [6.07, 6.45) is 0.902. The number of hydrogen-bond acceptors (Lipinski definition) is 2. The van der Waals surface area contributed by atoms with Crippen molar-refractivity contribution in [1.82, 2.24) is 5.32 Å². The summed E-state index contributed by atoms with van der Waals surface area (Å²) in [6, 6.07) is 5.28. The molecule has 2 aromatic rings. The van der Waals surface area contributed by atoms with Gasteiger partial charge in [-0.2, -0.15) is 0 Å². The molecule has 0 aliphatic rings. The highest BCUT2D eigenvalue weighted by Gasteiger charge is 2.15. The molecule has 0 radical (unpaired) electrons. The number of rotatable bonds is 3. The Morgan fingerprint density at radius 1 is 1.44 bits per heavy atom. The monoisotopic (exact) mass is 285 g/mol. The molecule has 0 saturated carbocycles. The molecule has 1 N–H and O–H groups in total. The highest BCUT2D eigenvalue weighted by Crippen LogP contribution is 2.29. The number of hydrogen-bond donors (Lipinski definition) is 1. The van der Waals surface area contributed by atoms with Crippen LogP contribution in [0.25, 0.3) is 11.0 Å². The van der Waals surface area contributed by atoms with Crippen molar-refractivity contribution in [2.24, 2.45) is 0 Å². The fourth-order valence-corrected chi connectivity index (χ4v) is 2.26. The smallest absolute Gasteiger partial charge is 0.170 e. The fourth-order valence-electron chi connectivity index (χ4n) is 1.82. The predicted molar refractivity (Wildman–Crippen MR) is 66.0 cm³/mol. The molecule has 1 aromatic carbocycles. The quantitative estimate of drug-likeness (QED) is 0.922. The first kappa shape index (κ1) is 11.6. The van der Waals surface area contributed by atoms with Gasteiger partial charge in [-0.3, -0.25) is 0 Å². The van der Waals surface area contributed by atoms with Gasteiger partial charge in [0, 0.05) is 9.86 Å². The van der Waals surface area contributed by atoms with Crippen LogP contribution in [0.2, 0.25) is 0 Å². The molecule has 1 atom stereocenters. The lowest BCUT2D eigenvalue weighted by Crippen LogP contribution is -2.14. The Morgan fingerprint density at radius 3 is 2.81 bits per heavy atom. The van der Waals surface area contributed by atoms with Crippen LogP contribution in [0.5, 0.6) is 0 Å². The van der Waals surface area contributed by atoms with Gasteiger partial charge in [-0.25, -0.2) is 4.39 Å². The predicted octanol–water partition coefficient (Wildman–Crippen LogP) is 4.00. The van der Waals surface area contributed by atoms with Crippen LogP contribution in [0.15, 0.2) is 27.1 Å². The maximum Gasteiger partial charge on any atom is 0.170 e. The minimum absolute atomic E-state index is 0.130. The zero-order valence-corrected chi connectivity index (χ0v) is 10.8. The molecule has 0 aliphatic carbocycles. The summed E-state index contributed by atoms with van der Waals surface area (Å²) >= 11 is 3.27. The molecule has 16 heavy (non-hydrogen) atoms. The molecular weight excluding hydrogens is 273 g/mol. The average Bonchev–Trinajstić information content (AvgIpc) is 2.63. The van der Waals surface area contributed by atoms with Gasteiger partial charge in [0.05, 0.1) is 6.04 Å². The van der Waals surface area contributed by atoms with Crippen molar-refractivity contribution in [1.29, 1.82) is 0 Å². The molecular formula is C12H13BrFNO. The molecule has 0 amide bonds. The summed E-state index contributed by atoms with van der Waals surface area (Å²) in [5, 5.41) is 3.92. The van der Waals surface area contributed by atoms with E-state index in [9.17, 15) is 4.39 Å². The van der Waals surface area contributed by atoms with Gasteiger partial charge in [0.25, 0.3) is 0 Å². The van der Waals surface area contributed by atoms with E-state index in [0.717, 1.165) is 22.0 Å². The highest BCUT2D eigenvalue weighted by atomic mass is 79.9. The van der Waals surface area contributed by atoms with E-state index in [0.29, 0.717) is 5.58 Å². The zero-order chi connectivity index (χ0) is 11.7. The lowest BCUT2D eigenvalue weighted by Gasteiger charge is -2.09. The van der Waals surface area contributed by atoms with E-state index in [-0.39, 0.29) is 11.9 Å². The third kappa shape index (κ3) is 1.99. The summed E-state index contributed by atoms with van der Waals surface area (Å²) in [4.78, 5) is 0. The molecule has 0 spiro atoms. The Labute approximate surface area is 102 Å². The molecule has 0 fully saturated rings. The van der Waals surface area contributed by atoms with Crippen molar-refractivity contribution in [2.75, 3.05) is 7.05 Å². The molecule has 86 valence electrons. The Balaban J connectivity index is 2.55. The van der Waals surface area contributed by atoms with E-state index in [1.54, 1.807) is 0 Å². The molecule has 4 heteroatoms. The topological polar surface area (TPSA) is 25.2 Å². The SMILES string of the molecule is CCC(NC)c1cc2cc(Br)cc(F)c2o1. The Kier molecular flexibility index (Phi) is 3.30. The molecule has 1 aromatic heterocycles. The van der Waals surface area contributed by atoms with Crippen molar-refractivity contribution in [3.05, 3.63) is 34.2 Å². The lowest BCUT2D eigenvalue weighted by molar-refractivity contribution is 0.436. The molecule has 0 bridgehead atoms. The fraction of sp³-hybridized carbons (Fsp3) is 0.333. The van der Waals surface area contributed by atoms with Crippen LogP contribution in [0.4, 0.5) is 4.39 Å². The van der Waals surface area contributed by atoms with Crippen LogP contribution in [-0.2, 0) is 0 Å². The van der Waals surface area contributed by atoms with E-state index in [4.69, 9.17) is 4.42 Å². The number of furan rings is 1. The molecule has 1 unspecified atom stereocenters. The summed E-state index contributed by atoms with van der Waals surface area (Å²) in [7, 11) is 1.87. The van der Waals surface area contributed by atoms with Gasteiger partial charge in [0.15, 0.2) is 11.4 Å². The third-order valence-electron chi connectivity index (χ3n) is 2.65. The summed E-state index contributed by atoms with van der Waals surface area (Å²) < 4.78 is 19.9. The maximum atomic E-state index is 13.6. The Bertz CT molecular complexity index is 505. The average molecular weight is 286 g/mol. The van der Waals surface area contributed by atoms with Crippen molar-refractivity contribution < 1.29 is 8.81 Å². The molecule has 2 rings (SSSR count). The third-order valence-corrected chi connectivity index (χ3v) is 3.11. The van der Waals surface area contributed by atoms with Crippen LogP contribution >= 0.6 is 15.9 Å². The molecule has 2 nitrogen and oxygen atoms in total. The van der Waals surface area contributed by atoms with Crippen LogP contribution in [0, 0.1) is 5.82 Å². The van der Waals surface area contributed by atoms with Gasteiger partial charge >= 0.3 is 0 Å². The summed E-state index contributed by atoms with van der Waals surface area (Å²) in [5.74, 6) is 0.443. The lowest BCUT2D eigenvalue weighted by atomic mass is 10.1. The summed E-state index contributed by atoms with van der Waals surface area (Å²) in [5.41, 5.74) is 0.326. The Morgan fingerprint density at radius 2 is 2.19 bits per heavy atom. The molecule has 0 saturated heterocycles. The zero-order valence-electron chi connectivity index (χ0n) is 9.18. The maximum absolute atomic E-state index is 13.6. The van der Waals surface area contributed by atoms with Gasteiger partial charge < -0.3 is 9.73 Å². The minimum Gasteiger partial charge on any atom is -0.456 e.